The van der Waals surface area contributed by atoms with Crippen LogP contribution >= 0.6 is 0 Å². The van der Waals surface area contributed by atoms with Gasteiger partial charge < -0.3 is 0 Å². The topological polar surface area (TPSA) is 0 Å². The highest BCUT2D eigenvalue weighted by Crippen LogP contribution is 2.09. The lowest BCUT2D eigenvalue weighted by Gasteiger charge is -1.91. The number of rotatable bonds is 1. The average Bonchev–Trinajstić information content (AvgIpc) is 2.86. The standard InChI is InChI=1S/C14H12/c1-2-8-13(7-1)11-5-6-12-14-9-3-4-10-14/h1-5,7-11,13-14H/b11-5-. The molecule has 68 valence electrons. The Kier molecular flexibility index (Phi) is 2.83. The number of hydrogen-bond donors (Lipinski definition) is 0. The molecule has 0 heteroatoms. The van der Waals surface area contributed by atoms with Crippen molar-refractivity contribution in [3.8, 4) is 11.8 Å². The van der Waals surface area contributed by atoms with Crippen molar-refractivity contribution in [2.45, 2.75) is 0 Å². The molecule has 0 aromatic heterocycles. The van der Waals surface area contributed by atoms with Gasteiger partial charge in [0.05, 0.1) is 5.92 Å². The van der Waals surface area contributed by atoms with E-state index in [-0.39, 0.29) is 0 Å². The molecule has 0 N–H and O–H groups in total. The van der Waals surface area contributed by atoms with Gasteiger partial charge >= 0.3 is 0 Å². The molecule has 0 saturated carbocycles. The zero-order chi connectivity index (χ0) is 9.64. The molecule has 14 heavy (non-hydrogen) atoms. The Labute approximate surface area is 85.0 Å². The van der Waals surface area contributed by atoms with E-state index in [1.807, 2.05) is 18.2 Å². The Morgan fingerprint density at radius 3 is 2.21 bits per heavy atom. The van der Waals surface area contributed by atoms with Crippen molar-refractivity contribution in [2.24, 2.45) is 11.8 Å². The maximum Gasteiger partial charge on any atom is 0.0573 e. The normalized spacial score (nSPS) is 19.7. The molecule has 0 heterocycles. The fourth-order valence-electron chi connectivity index (χ4n) is 1.41. The van der Waals surface area contributed by atoms with Gasteiger partial charge in [0.1, 0.15) is 0 Å². The van der Waals surface area contributed by atoms with Crippen LogP contribution in [0.1, 0.15) is 0 Å². The average molecular weight is 180 g/mol. The van der Waals surface area contributed by atoms with Crippen LogP contribution in [0.4, 0.5) is 0 Å². The van der Waals surface area contributed by atoms with E-state index in [1.165, 1.54) is 0 Å². The van der Waals surface area contributed by atoms with Crippen LogP contribution in [0.3, 0.4) is 0 Å². The molecule has 0 radical (unpaired) electrons. The van der Waals surface area contributed by atoms with Crippen molar-refractivity contribution in [3.63, 3.8) is 0 Å². The van der Waals surface area contributed by atoms with Gasteiger partial charge in [0, 0.05) is 5.92 Å². The third-order valence-corrected chi connectivity index (χ3v) is 2.18. The lowest BCUT2D eigenvalue weighted by atomic mass is 10.1. The molecule has 0 aromatic rings. The van der Waals surface area contributed by atoms with Crippen LogP contribution in [0.2, 0.25) is 0 Å². The van der Waals surface area contributed by atoms with Crippen LogP contribution < -0.4 is 0 Å². The Morgan fingerprint density at radius 1 is 0.857 bits per heavy atom. The molecule has 0 fully saturated rings. The molecule has 0 aromatic carbocycles. The monoisotopic (exact) mass is 180 g/mol. The van der Waals surface area contributed by atoms with Crippen LogP contribution in [0.15, 0.2) is 60.8 Å². The largest absolute Gasteiger partial charge is 0.0867 e. The number of hydrogen-bond acceptors (Lipinski definition) is 0. The third kappa shape index (κ3) is 2.37. The second kappa shape index (κ2) is 4.48. The first-order chi connectivity index (χ1) is 6.95. The molecule has 0 unspecified atom stereocenters. The molecule has 0 aliphatic heterocycles. The van der Waals surface area contributed by atoms with E-state index in [4.69, 9.17) is 0 Å². The SMILES string of the molecule is C(#CC1C=CC=C1)/C=C\C1C=CC=C1. The van der Waals surface area contributed by atoms with E-state index in [0.29, 0.717) is 11.8 Å². The lowest BCUT2D eigenvalue weighted by molar-refractivity contribution is 1.09. The maximum atomic E-state index is 3.15. The molecule has 0 amide bonds. The molecular weight excluding hydrogens is 168 g/mol. The lowest BCUT2D eigenvalue weighted by Crippen LogP contribution is -1.81. The van der Waals surface area contributed by atoms with Crippen molar-refractivity contribution >= 4 is 0 Å². The minimum atomic E-state index is 0.314. The van der Waals surface area contributed by atoms with E-state index in [2.05, 4.69) is 54.4 Å². The summed E-state index contributed by atoms with van der Waals surface area (Å²) in [7, 11) is 0. The van der Waals surface area contributed by atoms with Crippen molar-refractivity contribution < 1.29 is 0 Å². The predicted octanol–water partition coefficient (Wildman–Crippen LogP) is 3.03. The minimum absolute atomic E-state index is 0.314. The van der Waals surface area contributed by atoms with Gasteiger partial charge in [-0.1, -0.05) is 66.5 Å². The first-order valence-electron chi connectivity index (χ1n) is 4.83. The van der Waals surface area contributed by atoms with Crippen molar-refractivity contribution in [1.29, 1.82) is 0 Å². The van der Waals surface area contributed by atoms with Gasteiger partial charge in [-0.05, 0) is 6.08 Å². The Hall–Kier alpha value is -1.74. The van der Waals surface area contributed by atoms with Gasteiger partial charge in [0.25, 0.3) is 0 Å². The molecule has 2 rings (SSSR count). The Morgan fingerprint density at radius 2 is 1.50 bits per heavy atom. The van der Waals surface area contributed by atoms with Gasteiger partial charge in [0.15, 0.2) is 0 Å². The van der Waals surface area contributed by atoms with Crippen molar-refractivity contribution in [3.05, 3.63) is 60.8 Å². The highest BCUT2D eigenvalue weighted by molar-refractivity contribution is 5.31. The Balaban J connectivity index is 1.86. The van der Waals surface area contributed by atoms with E-state index in [0.717, 1.165) is 0 Å². The zero-order valence-corrected chi connectivity index (χ0v) is 7.93. The molecular formula is C14H12. The van der Waals surface area contributed by atoms with Crippen LogP contribution in [-0.2, 0) is 0 Å². The smallest absolute Gasteiger partial charge is 0.0573 e. The van der Waals surface area contributed by atoms with E-state index < -0.39 is 0 Å². The van der Waals surface area contributed by atoms with Gasteiger partial charge in [-0.2, -0.15) is 0 Å². The summed E-state index contributed by atoms with van der Waals surface area (Å²) in [5.41, 5.74) is 0. The molecule has 0 saturated heterocycles. The third-order valence-electron chi connectivity index (χ3n) is 2.18. The zero-order valence-electron chi connectivity index (χ0n) is 7.93. The van der Waals surface area contributed by atoms with E-state index in [9.17, 15) is 0 Å². The van der Waals surface area contributed by atoms with Gasteiger partial charge in [-0.25, -0.2) is 0 Å². The fourth-order valence-corrected chi connectivity index (χ4v) is 1.41. The summed E-state index contributed by atoms with van der Waals surface area (Å²) >= 11 is 0. The minimum Gasteiger partial charge on any atom is -0.0867 e. The summed E-state index contributed by atoms with van der Waals surface area (Å²) in [4.78, 5) is 0. The first-order valence-corrected chi connectivity index (χ1v) is 4.83. The highest BCUT2D eigenvalue weighted by atomic mass is 14.0. The second-order valence-electron chi connectivity index (χ2n) is 3.29. The van der Waals surface area contributed by atoms with Crippen LogP contribution in [0, 0.1) is 23.7 Å². The second-order valence-corrected chi connectivity index (χ2v) is 3.29. The summed E-state index contributed by atoms with van der Waals surface area (Å²) in [5, 5.41) is 0. The summed E-state index contributed by atoms with van der Waals surface area (Å²) in [6, 6.07) is 0. The Bertz CT molecular complexity index is 367. The molecule has 2 aliphatic carbocycles. The quantitative estimate of drug-likeness (QED) is 0.544. The predicted molar refractivity (Wildman–Crippen MR) is 60.5 cm³/mol. The van der Waals surface area contributed by atoms with Crippen LogP contribution in [0.5, 0.6) is 0 Å². The molecule has 0 spiro atoms. The van der Waals surface area contributed by atoms with E-state index >= 15 is 0 Å². The summed E-state index contributed by atoms with van der Waals surface area (Å²) in [6.45, 7) is 0. The molecule has 0 bridgehead atoms. The highest BCUT2D eigenvalue weighted by Gasteiger charge is 1.97. The summed E-state index contributed by atoms with van der Waals surface area (Å²) < 4.78 is 0. The molecule has 0 nitrogen and oxygen atoms in total. The van der Waals surface area contributed by atoms with E-state index in [1.54, 1.807) is 0 Å². The van der Waals surface area contributed by atoms with Crippen LogP contribution in [0.25, 0.3) is 0 Å². The molecule has 0 atom stereocenters. The molecule has 2 aliphatic rings. The van der Waals surface area contributed by atoms with Gasteiger partial charge in [-0.3, -0.25) is 0 Å². The van der Waals surface area contributed by atoms with Gasteiger partial charge in [-0.15, -0.1) is 0 Å². The summed E-state index contributed by atoms with van der Waals surface area (Å²) in [6.07, 6.45) is 20.7. The maximum absolute atomic E-state index is 3.15. The van der Waals surface area contributed by atoms with Crippen LogP contribution in [-0.4, -0.2) is 0 Å². The van der Waals surface area contributed by atoms with Gasteiger partial charge in [0.2, 0.25) is 0 Å². The van der Waals surface area contributed by atoms with Crippen molar-refractivity contribution in [1.82, 2.24) is 0 Å². The fraction of sp³-hybridized carbons (Fsp3) is 0.143. The van der Waals surface area contributed by atoms with Crippen molar-refractivity contribution in [2.75, 3.05) is 0 Å². The first kappa shape index (κ1) is 8.84. The number of allylic oxidation sites excluding steroid dienone is 10. The summed E-state index contributed by atoms with van der Waals surface area (Å²) in [5.74, 6) is 6.96.